The molecule has 2 N–H and O–H groups in total. The van der Waals surface area contributed by atoms with Crippen LogP contribution >= 0.6 is 0 Å². The molecule has 0 aliphatic rings. The van der Waals surface area contributed by atoms with Gasteiger partial charge in [0.1, 0.15) is 0 Å². The number of likely N-dealkylation sites (N-methyl/N-ethyl adjacent to an activating group) is 1. The van der Waals surface area contributed by atoms with E-state index in [2.05, 4.69) is 41.3 Å². The molecule has 0 aliphatic carbocycles. The average Bonchev–Trinajstić information content (AvgIpc) is 2.35. The van der Waals surface area contributed by atoms with Crippen LogP contribution in [0.5, 0.6) is 0 Å². The zero-order chi connectivity index (χ0) is 12.9. The molecule has 4 nitrogen and oxygen atoms in total. The Hall–Kier alpha value is -0.770. The molecule has 0 heterocycles. The summed E-state index contributed by atoms with van der Waals surface area (Å²) in [7, 11) is 1.82. The van der Waals surface area contributed by atoms with Crippen molar-refractivity contribution in [3.63, 3.8) is 0 Å². The van der Waals surface area contributed by atoms with Crippen LogP contribution in [-0.4, -0.2) is 50.6 Å². The number of unbranched alkanes of at least 4 members (excludes halogenated alkanes) is 1. The maximum Gasteiger partial charge on any atom is 0.191 e. The zero-order valence-corrected chi connectivity index (χ0v) is 12.1. The van der Waals surface area contributed by atoms with Gasteiger partial charge in [0.05, 0.1) is 0 Å². The Morgan fingerprint density at radius 1 is 1.00 bits per heavy atom. The summed E-state index contributed by atoms with van der Waals surface area (Å²) in [5.41, 5.74) is 0. The Morgan fingerprint density at radius 3 is 2.24 bits per heavy atom. The first-order valence-corrected chi connectivity index (χ1v) is 6.95. The Kier molecular flexibility index (Phi) is 11.2. The van der Waals surface area contributed by atoms with Crippen molar-refractivity contribution in [1.29, 1.82) is 0 Å². The number of nitrogens with one attached hydrogen (secondary N) is 2. The minimum Gasteiger partial charge on any atom is -0.356 e. The Morgan fingerprint density at radius 2 is 1.71 bits per heavy atom. The van der Waals surface area contributed by atoms with Gasteiger partial charge in [-0.05, 0) is 25.9 Å². The van der Waals surface area contributed by atoms with E-state index in [1.54, 1.807) is 0 Å². The largest absolute Gasteiger partial charge is 0.356 e. The first kappa shape index (κ1) is 16.2. The summed E-state index contributed by atoms with van der Waals surface area (Å²) in [5, 5.41) is 6.66. The molecule has 0 fully saturated rings. The van der Waals surface area contributed by atoms with Gasteiger partial charge in [-0.25, -0.2) is 0 Å². The lowest BCUT2D eigenvalue weighted by molar-refractivity contribution is 0.293. The van der Waals surface area contributed by atoms with Gasteiger partial charge in [-0.15, -0.1) is 0 Å². The molecule has 0 aromatic carbocycles. The summed E-state index contributed by atoms with van der Waals surface area (Å²) < 4.78 is 0. The SMILES string of the molecule is CCCCNC(=NC)NCCN(CC)CCC. The van der Waals surface area contributed by atoms with E-state index in [1.165, 1.54) is 25.8 Å². The van der Waals surface area contributed by atoms with Crippen LogP contribution in [0.2, 0.25) is 0 Å². The summed E-state index contributed by atoms with van der Waals surface area (Å²) in [6.45, 7) is 12.0. The van der Waals surface area contributed by atoms with E-state index in [-0.39, 0.29) is 0 Å². The van der Waals surface area contributed by atoms with Gasteiger partial charge in [0.15, 0.2) is 5.96 Å². The molecule has 0 spiro atoms. The van der Waals surface area contributed by atoms with Gasteiger partial charge >= 0.3 is 0 Å². The van der Waals surface area contributed by atoms with Crippen LogP contribution in [0.25, 0.3) is 0 Å². The number of hydrogen-bond donors (Lipinski definition) is 2. The normalized spacial score (nSPS) is 11.9. The third kappa shape index (κ3) is 8.98. The van der Waals surface area contributed by atoms with Crippen molar-refractivity contribution < 1.29 is 0 Å². The van der Waals surface area contributed by atoms with Crippen LogP contribution in [0.1, 0.15) is 40.0 Å². The Labute approximate surface area is 107 Å². The van der Waals surface area contributed by atoms with Crippen molar-refractivity contribution in [2.75, 3.05) is 39.8 Å². The molecular formula is C13H30N4. The monoisotopic (exact) mass is 242 g/mol. The van der Waals surface area contributed by atoms with Crippen LogP contribution in [0.3, 0.4) is 0 Å². The molecule has 0 aromatic rings. The summed E-state index contributed by atoms with van der Waals surface area (Å²) in [6.07, 6.45) is 3.62. The van der Waals surface area contributed by atoms with Gasteiger partial charge in [-0.3, -0.25) is 4.99 Å². The highest BCUT2D eigenvalue weighted by Gasteiger charge is 2.01. The fourth-order valence-electron chi connectivity index (χ4n) is 1.68. The lowest BCUT2D eigenvalue weighted by atomic mass is 10.3. The van der Waals surface area contributed by atoms with E-state index in [0.717, 1.165) is 32.1 Å². The third-order valence-corrected chi connectivity index (χ3v) is 2.75. The number of aliphatic imine (C=N–C) groups is 1. The highest BCUT2D eigenvalue weighted by molar-refractivity contribution is 5.79. The van der Waals surface area contributed by atoms with Gasteiger partial charge in [0.25, 0.3) is 0 Å². The van der Waals surface area contributed by atoms with E-state index < -0.39 is 0 Å². The molecule has 0 aromatic heterocycles. The van der Waals surface area contributed by atoms with E-state index in [4.69, 9.17) is 0 Å². The molecule has 0 rings (SSSR count). The number of hydrogen-bond acceptors (Lipinski definition) is 2. The molecule has 17 heavy (non-hydrogen) atoms. The molecule has 0 atom stereocenters. The molecule has 0 unspecified atom stereocenters. The third-order valence-electron chi connectivity index (χ3n) is 2.75. The first-order valence-electron chi connectivity index (χ1n) is 6.95. The van der Waals surface area contributed by atoms with Crippen LogP contribution in [0.15, 0.2) is 4.99 Å². The zero-order valence-electron chi connectivity index (χ0n) is 12.1. The van der Waals surface area contributed by atoms with Gasteiger partial charge in [-0.1, -0.05) is 27.2 Å². The Bertz CT molecular complexity index is 192. The van der Waals surface area contributed by atoms with Gasteiger partial charge < -0.3 is 15.5 Å². The maximum absolute atomic E-state index is 4.20. The van der Waals surface area contributed by atoms with Crippen molar-refractivity contribution in [1.82, 2.24) is 15.5 Å². The van der Waals surface area contributed by atoms with Gasteiger partial charge in [-0.2, -0.15) is 0 Å². The number of guanidine groups is 1. The standard InChI is InChI=1S/C13H30N4/c1-5-8-9-15-13(14-4)16-10-12-17(7-3)11-6-2/h5-12H2,1-4H3,(H2,14,15,16). The van der Waals surface area contributed by atoms with Crippen molar-refractivity contribution in [3.8, 4) is 0 Å². The molecule has 4 heteroatoms. The molecular weight excluding hydrogens is 212 g/mol. The minimum atomic E-state index is 0.922. The van der Waals surface area contributed by atoms with E-state index in [9.17, 15) is 0 Å². The minimum absolute atomic E-state index is 0.922. The molecule has 0 bridgehead atoms. The summed E-state index contributed by atoms with van der Waals surface area (Å²) in [5.74, 6) is 0.922. The summed E-state index contributed by atoms with van der Waals surface area (Å²) in [4.78, 5) is 6.66. The second-order valence-electron chi connectivity index (χ2n) is 4.21. The Balaban J connectivity index is 3.68. The van der Waals surface area contributed by atoms with E-state index in [1.807, 2.05) is 7.05 Å². The molecule has 0 radical (unpaired) electrons. The molecule has 0 saturated heterocycles. The lowest BCUT2D eigenvalue weighted by Gasteiger charge is -2.20. The second-order valence-corrected chi connectivity index (χ2v) is 4.21. The van der Waals surface area contributed by atoms with Crippen LogP contribution < -0.4 is 10.6 Å². The molecule has 102 valence electrons. The number of rotatable bonds is 9. The van der Waals surface area contributed by atoms with Crippen LogP contribution in [0.4, 0.5) is 0 Å². The quantitative estimate of drug-likeness (QED) is 0.367. The highest BCUT2D eigenvalue weighted by atomic mass is 15.2. The molecule has 0 saturated carbocycles. The average molecular weight is 242 g/mol. The summed E-state index contributed by atoms with van der Waals surface area (Å²) in [6, 6.07) is 0. The van der Waals surface area contributed by atoms with Crippen molar-refractivity contribution in [2.45, 2.75) is 40.0 Å². The predicted octanol–water partition coefficient (Wildman–Crippen LogP) is 1.68. The van der Waals surface area contributed by atoms with Crippen LogP contribution in [0, 0.1) is 0 Å². The highest BCUT2D eigenvalue weighted by Crippen LogP contribution is 1.89. The van der Waals surface area contributed by atoms with Crippen LogP contribution in [-0.2, 0) is 0 Å². The number of nitrogens with zero attached hydrogens (tertiary/aromatic N) is 2. The first-order chi connectivity index (χ1) is 8.28. The van der Waals surface area contributed by atoms with Crippen molar-refractivity contribution in [2.24, 2.45) is 4.99 Å². The molecule has 0 aliphatic heterocycles. The predicted molar refractivity (Wildman–Crippen MR) is 76.7 cm³/mol. The fourth-order valence-corrected chi connectivity index (χ4v) is 1.68. The topological polar surface area (TPSA) is 39.7 Å². The maximum atomic E-state index is 4.20. The van der Waals surface area contributed by atoms with E-state index in [0.29, 0.717) is 0 Å². The second kappa shape index (κ2) is 11.7. The van der Waals surface area contributed by atoms with E-state index >= 15 is 0 Å². The van der Waals surface area contributed by atoms with Crippen molar-refractivity contribution in [3.05, 3.63) is 0 Å². The van der Waals surface area contributed by atoms with Gasteiger partial charge in [0, 0.05) is 26.7 Å². The lowest BCUT2D eigenvalue weighted by Crippen LogP contribution is -2.42. The smallest absolute Gasteiger partial charge is 0.191 e. The van der Waals surface area contributed by atoms with Crippen molar-refractivity contribution >= 4 is 5.96 Å². The summed E-state index contributed by atoms with van der Waals surface area (Å²) >= 11 is 0. The van der Waals surface area contributed by atoms with Gasteiger partial charge in [0.2, 0.25) is 0 Å². The molecule has 0 amide bonds. The fraction of sp³-hybridized carbons (Fsp3) is 0.923.